The van der Waals surface area contributed by atoms with Crippen molar-refractivity contribution < 1.29 is 18.8 Å². The van der Waals surface area contributed by atoms with Gasteiger partial charge in [-0.05, 0) is 31.2 Å². The largest absolute Gasteiger partial charge is 0.391 e. The Morgan fingerprint density at radius 1 is 1.35 bits per heavy atom. The van der Waals surface area contributed by atoms with Crippen molar-refractivity contribution in [3.8, 4) is 0 Å². The number of fused-ring (bicyclic) bond motifs is 1. The third-order valence-electron chi connectivity index (χ3n) is 5.06. The van der Waals surface area contributed by atoms with E-state index in [9.17, 15) is 14.3 Å². The molecule has 0 aliphatic carbocycles. The van der Waals surface area contributed by atoms with E-state index in [1.54, 1.807) is 28.6 Å². The van der Waals surface area contributed by atoms with E-state index in [-0.39, 0.29) is 24.2 Å². The molecule has 0 bridgehead atoms. The number of benzene rings is 1. The number of likely N-dealkylation sites (tertiary alicyclic amines) is 1. The van der Waals surface area contributed by atoms with E-state index in [1.165, 1.54) is 12.1 Å². The molecule has 136 valence electrons. The molecule has 3 aromatic rings. The summed E-state index contributed by atoms with van der Waals surface area (Å²) in [6.07, 6.45) is -0.0805. The molecule has 1 saturated heterocycles. The van der Waals surface area contributed by atoms with Crippen LogP contribution in [0.1, 0.15) is 21.9 Å². The maximum atomic E-state index is 13.4. The Morgan fingerprint density at radius 2 is 2.15 bits per heavy atom. The highest BCUT2D eigenvalue weighted by Crippen LogP contribution is 2.26. The summed E-state index contributed by atoms with van der Waals surface area (Å²) in [5, 5.41) is 14.9. The number of aromatic nitrogens is 2. The molecule has 1 aliphatic rings. The van der Waals surface area contributed by atoms with Crippen molar-refractivity contribution in [2.45, 2.75) is 19.4 Å². The van der Waals surface area contributed by atoms with E-state index in [2.05, 4.69) is 5.16 Å². The van der Waals surface area contributed by atoms with Crippen LogP contribution in [0.25, 0.3) is 10.9 Å². The molecule has 6 nitrogen and oxygen atoms in total. The summed E-state index contributed by atoms with van der Waals surface area (Å²) in [5.74, 6) is 0.111. The summed E-state index contributed by atoms with van der Waals surface area (Å²) in [5.41, 5.74) is 2.07. The second-order valence-electron chi connectivity index (χ2n) is 6.97. The third-order valence-corrected chi connectivity index (χ3v) is 5.06. The van der Waals surface area contributed by atoms with Gasteiger partial charge in [0.2, 0.25) is 0 Å². The van der Waals surface area contributed by atoms with Crippen molar-refractivity contribution in [2.75, 3.05) is 13.1 Å². The molecule has 0 spiro atoms. The Kier molecular flexibility index (Phi) is 4.03. The number of aryl methyl sites for hydroxylation is 2. The van der Waals surface area contributed by atoms with Crippen LogP contribution in [-0.4, -0.2) is 44.8 Å². The van der Waals surface area contributed by atoms with Crippen molar-refractivity contribution in [2.24, 2.45) is 13.0 Å². The van der Waals surface area contributed by atoms with Crippen molar-refractivity contribution in [1.29, 1.82) is 0 Å². The molecule has 0 saturated carbocycles. The summed E-state index contributed by atoms with van der Waals surface area (Å²) in [6, 6.07) is 8.00. The van der Waals surface area contributed by atoms with Crippen LogP contribution >= 0.6 is 0 Å². The van der Waals surface area contributed by atoms with Gasteiger partial charge in [0.05, 0.1) is 11.8 Å². The van der Waals surface area contributed by atoms with E-state index in [1.807, 2.05) is 13.0 Å². The first-order chi connectivity index (χ1) is 12.4. The van der Waals surface area contributed by atoms with Crippen LogP contribution in [0.2, 0.25) is 0 Å². The Bertz CT molecular complexity index is 978. The number of hydrogen-bond donors (Lipinski definition) is 1. The predicted molar refractivity (Wildman–Crippen MR) is 93.2 cm³/mol. The minimum absolute atomic E-state index is 0.0987. The number of rotatable bonds is 3. The highest BCUT2D eigenvalue weighted by atomic mass is 19.1. The molecule has 1 fully saturated rings. The molecule has 2 atom stereocenters. The van der Waals surface area contributed by atoms with Crippen LogP contribution in [0.3, 0.4) is 0 Å². The average Bonchev–Trinajstić information content (AvgIpc) is 3.26. The quantitative estimate of drug-likeness (QED) is 0.781. The standard InChI is InChI=1S/C19H20FN3O3/c1-11-5-15(26-21-11)7-13-9-23(10-18(13)24)19(25)17-8-12-6-14(20)3-4-16(12)22(17)2/h3-6,8,13,18,24H,7,9-10H2,1-2H3/t13-,18-/m1/s1. The fourth-order valence-electron chi connectivity index (χ4n) is 3.68. The molecule has 1 amide bonds. The minimum atomic E-state index is -0.614. The molecule has 1 aromatic carbocycles. The van der Waals surface area contributed by atoms with Gasteiger partial charge in [-0.2, -0.15) is 0 Å². The zero-order chi connectivity index (χ0) is 18.4. The molecule has 26 heavy (non-hydrogen) atoms. The van der Waals surface area contributed by atoms with Crippen LogP contribution in [0, 0.1) is 18.7 Å². The minimum Gasteiger partial charge on any atom is -0.391 e. The number of halogens is 1. The smallest absolute Gasteiger partial charge is 0.270 e. The monoisotopic (exact) mass is 357 g/mol. The number of hydrogen-bond acceptors (Lipinski definition) is 4. The SMILES string of the molecule is Cc1cc(C[C@@H]2CN(C(=O)c3cc4cc(F)ccc4n3C)C[C@H]2O)on1. The van der Waals surface area contributed by atoms with Crippen LogP contribution in [0.4, 0.5) is 4.39 Å². The lowest BCUT2D eigenvalue weighted by molar-refractivity contribution is 0.0756. The Balaban J connectivity index is 1.54. The van der Waals surface area contributed by atoms with E-state index in [0.717, 1.165) is 11.2 Å². The maximum Gasteiger partial charge on any atom is 0.270 e. The Labute approximate surface area is 149 Å². The van der Waals surface area contributed by atoms with Crippen LogP contribution < -0.4 is 0 Å². The van der Waals surface area contributed by atoms with Crippen LogP contribution in [0.15, 0.2) is 34.9 Å². The number of carbonyl (C=O) groups is 1. The molecular weight excluding hydrogens is 337 g/mol. The maximum absolute atomic E-state index is 13.4. The summed E-state index contributed by atoms with van der Waals surface area (Å²) in [4.78, 5) is 14.6. The molecule has 0 unspecified atom stereocenters. The van der Waals surface area contributed by atoms with Gasteiger partial charge in [-0.1, -0.05) is 5.16 Å². The number of nitrogens with zero attached hydrogens (tertiary/aromatic N) is 3. The zero-order valence-corrected chi connectivity index (χ0v) is 14.6. The summed E-state index contributed by atoms with van der Waals surface area (Å²) in [6.45, 7) is 2.55. The average molecular weight is 357 g/mol. The van der Waals surface area contributed by atoms with Gasteiger partial charge in [-0.15, -0.1) is 0 Å². The van der Waals surface area contributed by atoms with Crippen molar-refractivity contribution in [1.82, 2.24) is 14.6 Å². The first-order valence-electron chi connectivity index (χ1n) is 8.57. The van der Waals surface area contributed by atoms with Crippen molar-refractivity contribution in [3.05, 3.63) is 53.3 Å². The van der Waals surface area contributed by atoms with Crippen LogP contribution in [-0.2, 0) is 13.5 Å². The van der Waals surface area contributed by atoms with Gasteiger partial charge in [0.25, 0.3) is 5.91 Å². The topological polar surface area (TPSA) is 71.5 Å². The summed E-state index contributed by atoms with van der Waals surface area (Å²) < 4.78 is 20.4. The number of β-amino-alcohol motifs (C(OH)–C–C–N with tert-alkyl or cyclic N) is 1. The lowest BCUT2D eigenvalue weighted by Gasteiger charge is -2.16. The van der Waals surface area contributed by atoms with Crippen molar-refractivity contribution in [3.63, 3.8) is 0 Å². The first-order valence-corrected chi connectivity index (χ1v) is 8.57. The second-order valence-corrected chi connectivity index (χ2v) is 6.97. The van der Waals surface area contributed by atoms with Gasteiger partial charge < -0.3 is 19.1 Å². The van der Waals surface area contributed by atoms with Gasteiger partial charge in [0, 0.05) is 49.4 Å². The summed E-state index contributed by atoms with van der Waals surface area (Å²) >= 11 is 0. The van der Waals surface area contributed by atoms with Gasteiger partial charge in [0.15, 0.2) is 0 Å². The first kappa shape index (κ1) is 16.8. The molecule has 7 heteroatoms. The molecule has 2 aromatic heterocycles. The van der Waals surface area contributed by atoms with Gasteiger partial charge >= 0.3 is 0 Å². The van der Waals surface area contributed by atoms with Gasteiger partial charge in [0.1, 0.15) is 17.3 Å². The van der Waals surface area contributed by atoms with E-state index in [0.29, 0.717) is 29.8 Å². The number of carbonyl (C=O) groups excluding carboxylic acids is 1. The normalized spacial score (nSPS) is 20.2. The molecule has 0 radical (unpaired) electrons. The van der Waals surface area contributed by atoms with Crippen molar-refractivity contribution >= 4 is 16.8 Å². The van der Waals surface area contributed by atoms with Gasteiger partial charge in [-0.25, -0.2) is 4.39 Å². The zero-order valence-electron chi connectivity index (χ0n) is 14.6. The van der Waals surface area contributed by atoms with E-state index in [4.69, 9.17) is 4.52 Å². The Hall–Kier alpha value is -2.67. The summed E-state index contributed by atoms with van der Waals surface area (Å²) in [7, 11) is 1.79. The Morgan fingerprint density at radius 3 is 2.88 bits per heavy atom. The third kappa shape index (κ3) is 2.88. The molecule has 1 N–H and O–H groups in total. The molecule has 4 rings (SSSR count). The highest BCUT2D eigenvalue weighted by molar-refractivity contribution is 5.98. The molecule has 1 aliphatic heterocycles. The highest BCUT2D eigenvalue weighted by Gasteiger charge is 2.36. The fourth-order valence-corrected chi connectivity index (χ4v) is 3.68. The van der Waals surface area contributed by atoms with Gasteiger partial charge in [-0.3, -0.25) is 4.79 Å². The fraction of sp³-hybridized carbons (Fsp3) is 0.368. The number of aliphatic hydroxyl groups excluding tert-OH is 1. The predicted octanol–water partition coefficient (Wildman–Crippen LogP) is 2.29. The van der Waals surface area contributed by atoms with E-state index < -0.39 is 6.10 Å². The molecule has 3 heterocycles. The van der Waals surface area contributed by atoms with Crippen LogP contribution in [0.5, 0.6) is 0 Å². The number of amides is 1. The lowest BCUT2D eigenvalue weighted by Crippen LogP contribution is -2.31. The number of aliphatic hydroxyl groups is 1. The lowest BCUT2D eigenvalue weighted by atomic mass is 10.0. The second kappa shape index (κ2) is 6.25. The molecular formula is C19H20FN3O3. The van der Waals surface area contributed by atoms with E-state index >= 15 is 0 Å².